The summed E-state index contributed by atoms with van der Waals surface area (Å²) in [6.07, 6.45) is -0.584. The zero-order chi connectivity index (χ0) is 14.2. The molecular formula is C15H17BrO2S. The number of thiophene rings is 1. The fraction of sp³-hybridized carbons (Fsp3) is 0.333. The first kappa shape index (κ1) is 14.6. The summed E-state index contributed by atoms with van der Waals surface area (Å²) in [5.41, 5.74) is 3.01. The topological polar surface area (TPSA) is 29.5 Å². The molecule has 102 valence electrons. The minimum Gasteiger partial charge on any atom is -0.496 e. The van der Waals surface area contributed by atoms with E-state index >= 15 is 0 Å². The lowest BCUT2D eigenvalue weighted by atomic mass is 9.99. The number of ether oxygens (including phenoxy) is 1. The second kappa shape index (κ2) is 5.65. The Morgan fingerprint density at radius 3 is 2.37 bits per heavy atom. The van der Waals surface area contributed by atoms with Gasteiger partial charge in [0.25, 0.3) is 0 Å². The Bertz CT molecular complexity index is 585. The number of rotatable bonds is 3. The van der Waals surface area contributed by atoms with Crippen molar-refractivity contribution < 1.29 is 9.84 Å². The van der Waals surface area contributed by atoms with Gasteiger partial charge in [0, 0.05) is 14.2 Å². The van der Waals surface area contributed by atoms with E-state index < -0.39 is 6.10 Å². The molecule has 0 bridgehead atoms. The van der Waals surface area contributed by atoms with Crippen LogP contribution in [0.3, 0.4) is 0 Å². The molecule has 1 heterocycles. The number of aryl methyl sites for hydroxylation is 3. The summed E-state index contributed by atoms with van der Waals surface area (Å²) >= 11 is 5.11. The lowest BCUT2D eigenvalue weighted by Crippen LogP contribution is -2.02. The first-order chi connectivity index (χ1) is 8.93. The standard InChI is InChI=1S/C15H17BrO2S/c1-8-6-13(18-4)9(2)5-11(8)15(17)14-7-12(16)10(3)19-14/h5-7,15,17H,1-4H3. The summed E-state index contributed by atoms with van der Waals surface area (Å²) in [6.45, 7) is 6.03. The summed E-state index contributed by atoms with van der Waals surface area (Å²) in [5, 5.41) is 10.5. The lowest BCUT2D eigenvalue weighted by molar-refractivity contribution is 0.223. The first-order valence-electron chi connectivity index (χ1n) is 6.03. The van der Waals surface area contributed by atoms with E-state index in [0.717, 1.165) is 31.8 Å². The molecule has 4 heteroatoms. The van der Waals surface area contributed by atoms with Crippen LogP contribution >= 0.6 is 27.3 Å². The van der Waals surface area contributed by atoms with E-state index in [2.05, 4.69) is 15.9 Å². The van der Waals surface area contributed by atoms with Crippen molar-refractivity contribution in [2.45, 2.75) is 26.9 Å². The number of methoxy groups -OCH3 is 1. The van der Waals surface area contributed by atoms with Crippen molar-refractivity contribution >= 4 is 27.3 Å². The van der Waals surface area contributed by atoms with Crippen molar-refractivity contribution in [1.29, 1.82) is 0 Å². The van der Waals surface area contributed by atoms with E-state index in [1.807, 2.05) is 39.0 Å². The third-order valence-corrected chi connectivity index (χ3v) is 5.41. The number of hydrogen-bond acceptors (Lipinski definition) is 3. The van der Waals surface area contributed by atoms with Crippen LogP contribution in [0.5, 0.6) is 5.75 Å². The van der Waals surface area contributed by atoms with E-state index in [4.69, 9.17) is 4.74 Å². The van der Waals surface area contributed by atoms with E-state index in [-0.39, 0.29) is 0 Å². The summed E-state index contributed by atoms with van der Waals surface area (Å²) in [6, 6.07) is 5.97. The molecule has 1 unspecified atom stereocenters. The van der Waals surface area contributed by atoms with Gasteiger partial charge in [0.1, 0.15) is 11.9 Å². The molecular weight excluding hydrogens is 324 g/mol. The van der Waals surface area contributed by atoms with Crippen LogP contribution in [0.15, 0.2) is 22.7 Å². The molecule has 0 radical (unpaired) electrons. The smallest absolute Gasteiger partial charge is 0.122 e. The van der Waals surface area contributed by atoms with Crippen molar-refractivity contribution in [3.05, 3.63) is 49.1 Å². The minimum absolute atomic E-state index is 0.584. The van der Waals surface area contributed by atoms with Crippen LogP contribution in [0.4, 0.5) is 0 Å². The normalized spacial score (nSPS) is 12.5. The molecule has 2 aromatic rings. The average molecular weight is 341 g/mol. The molecule has 2 nitrogen and oxygen atoms in total. The van der Waals surface area contributed by atoms with Gasteiger partial charge in [0.05, 0.1) is 7.11 Å². The number of aliphatic hydroxyl groups is 1. The molecule has 0 aliphatic heterocycles. The number of aliphatic hydroxyl groups excluding tert-OH is 1. The molecule has 1 aromatic carbocycles. The Balaban J connectivity index is 2.44. The summed E-state index contributed by atoms with van der Waals surface area (Å²) in [5.74, 6) is 0.858. The Morgan fingerprint density at radius 1 is 1.16 bits per heavy atom. The second-order valence-electron chi connectivity index (χ2n) is 4.63. The van der Waals surface area contributed by atoms with Crippen LogP contribution in [0.1, 0.15) is 32.5 Å². The third-order valence-electron chi connectivity index (χ3n) is 3.22. The predicted octanol–water partition coefficient (Wildman–Crippen LogP) is 4.53. The molecule has 0 aliphatic carbocycles. The maximum atomic E-state index is 10.5. The zero-order valence-corrected chi connectivity index (χ0v) is 13.9. The van der Waals surface area contributed by atoms with E-state index in [1.54, 1.807) is 18.4 Å². The van der Waals surface area contributed by atoms with E-state index in [0.29, 0.717) is 0 Å². The molecule has 0 fully saturated rings. The number of benzene rings is 1. The highest BCUT2D eigenvalue weighted by Crippen LogP contribution is 2.36. The van der Waals surface area contributed by atoms with Crippen molar-refractivity contribution in [1.82, 2.24) is 0 Å². The van der Waals surface area contributed by atoms with Crippen molar-refractivity contribution in [3.63, 3.8) is 0 Å². The number of hydrogen-bond donors (Lipinski definition) is 1. The minimum atomic E-state index is -0.584. The second-order valence-corrected chi connectivity index (χ2v) is 6.78. The van der Waals surface area contributed by atoms with Crippen molar-refractivity contribution in [2.24, 2.45) is 0 Å². The molecule has 1 aromatic heterocycles. The quantitative estimate of drug-likeness (QED) is 0.889. The Labute approximate surface area is 126 Å². The summed E-state index contributed by atoms with van der Waals surface area (Å²) in [7, 11) is 1.66. The predicted molar refractivity (Wildman–Crippen MR) is 83.3 cm³/mol. The fourth-order valence-electron chi connectivity index (χ4n) is 2.10. The van der Waals surface area contributed by atoms with Crippen LogP contribution in [0.25, 0.3) is 0 Å². The van der Waals surface area contributed by atoms with Gasteiger partial charge in [-0.15, -0.1) is 11.3 Å². The lowest BCUT2D eigenvalue weighted by Gasteiger charge is -2.15. The Kier molecular flexibility index (Phi) is 4.33. The summed E-state index contributed by atoms with van der Waals surface area (Å²) in [4.78, 5) is 2.13. The van der Waals surface area contributed by atoms with Gasteiger partial charge in [-0.3, -0.25) is 0 Å². The Hall–Kier alpha value is -0.840. The van der Waals surface area contributed by atoms with Crippen LogP contribution < -0.4 is 4.74 Å². The van der Waals surface area contributed by atoms with Crippen LogP contribution in [0.2, 0.25) is 0 Å². The van der Waals surface area contributed by atoms with Gasteiger partial charge in [-0.05, 0) is 71.6 Å². The molecule has 0 amide bonds. The molecule has 1 atom stereocenters. The van der Waals surface area contributed by atoms with Gasteiger partial charge in [0.2, 0.25) is 0 Å². The van der Waals surface area contributed by atoms with Gasteiger partial charge >= 0.3 is 0 Å². The van der Waals surface area contributed by atoms with Crippen LogP contribution in [-0.4, -0.2) is 12.2 Å². The monoisotopic (exact) mass is 340 g/mol. The summed E-state index contributed by atoms with van der Waals surface area (Å²) < 4.78 is 6.35. The third kappa shape index (κ3) is 2.86. The van der Waals surface area contributed by atoms with Crippen LogP contribution in [-0.2, 0) is 0 Å². The van der Waals surface area contributed by atoms with Gasteiger partial charge < -0.3 is 9.84 Å². The fourth-order valence-corrected chi connectivity index (χ4v) is 3.66. The maximum absolute atomic E-state index is 10.5. The molecule has 0 saturated heterocycles. The van der Waals surface area contributed by atoms with Gasteiger partial charge in [-0.25, -0.2) is 0 Å². The Morgan fingerprint density at radius 2 is 1.84 bits per heavy atom. The van der Waals surface area contributed by atoms with Crippen molar-refractivity contribution in [3.8, 4) is 5.75 Å². The maximum Gasteiger partial charge on any atom is 0.122 e. The largest absolute Gasteiger partial charge is 0.496 e. The molecule has 0 spiro atoms. The first-order valence-corrected chi connectivity index (χ1v) is 7.64. The van der Waals surface area contributed by atoms with Gasteiger partial charge in [-0.1, -0.05) is 0 Å². The van der Waals surface area contributed by atoms with Gasteiger partial charge in [0.15, 0.2) is 0 Å². The average Bonchev–Trinajstić information content (AvgIpc) is 2.71. The zero-order valence-electron chi connectivity index (χ0n) is 11.5. The highest BCUT2D eigenvalue weighted by atomic mass is 79.9. The van der Waals surface area contributed by atoms with Gasteiger partial charge in [-0.2, -0.15) is 0 Å². The highest BCUT2D eigenvalue weighted by Gasteiger charge is 2.18. The van der Waals surface area contributed by atoms with Crippen LogP contribution in [0, 0.1) is 20.8 Å². The van der Waals surface area contributed by atoms with E-state index in [1.165, 1.54) is 4.88 Å². The molecule has 2 rings (SSSR count). The van der Waals surface area contributed by atoms with E-state index in [9.17, 15) is 5.11 Å². The molecule has 1 N–H and O–H groups in total. The molecule has 0 aliphatic rings. The molecule has 0 saturated carbocycles. The number of halogens is 1. The highest BCUT2D eigenvalue weighted by molar-refractivity contribution is 9.10. The van der Waals surface area contributed by atoms with Crippen molar-refractivity contribution in [2.75, 3.05) is 7.11 Å². The molecule has 19 heavy (non-hydrogen) atoms. The SMILES string of the molecule is COc1cc(C)c(C(O)c2cc(Br)c(C)s2)cc1C.